The maximum atomic E-state index is 12.7. The summed E-state index contributed by atoms with van der Waals surface area (Å²) in [6.07, 6.45) is -2.75. The summed E-state index contributed by atoms with van der Waals surface area (Å²) >= 11 is 0. The molecule has 2 rings (SSSR count). The summed E-state index contributed by atoms with van der Waals surface area (Å²) in [7, 11) is 0. The number of benzene rings is 1. The monoisotopic (exact) mass is 255 g/mol. The molecule has 0 radical (unpaired) electrons. The lowest BCUT2D eigenvalue weighted by molar-refractivity contribution is -0.138. The van der Waals surface area contributed by atoms with Crippen LogP contribution in [-0.2, 0) is 6.18 Å². The molecule has 0 spiro atoms. The molecule has 0 unspecified atom stereocenters. The van der Waals surface area contributed by atoms with Crippen molar-refractivity contribution in [2.75, 3.05) is 5.32 Å². The number of aromatic nitrogens is 2. The van der Waals surface area contributed by atoms with Gasteiger partial charge >= 0.3 is 6.18 Å². The zero-order chi connectivity index (χ0) is 13.3. The Morgan fingerprint density at radius 3 is 2.50 bits per heavy atom. The van der Waals surface area contributed by atoms with E-state index in [9.17, 15) is 13.2 Å². The van der Waals surface area contributed by atoms with Crippen LogP contribution in [0.3, 0.4) is 0 Å². The number of H-pyrrole nitrogens is 1. The third kappa shape index (κ3) is 2.64. The number of rotatable bonds is 2. The molecule has 0 aliphatic carbocycles. The minimum Gasteiger partial charge on any atom is -0.328 e. The van der Waals surface area contributed by atoms with Gasteiger partial charge in [-0.25, -0.2) is 4.98 Å². The van der Waals surface area contributed by atoms with Gasteiger partial charge in [-0.05, 0) is 31.5 Å². The van der Waals surface area contributed by atoms with Gasteiger partial charge in [-0.1, -0.05) is 6.07 Å². The Morgan fingerprint density at radius 1 is 1.22 bits per heavy atom. The number of nitrogens with zero attached hydrogens (tertiary/aromatic N) is 1. The van der Waals surface area contributed by atoms with Crippen LogP contribution < -0.4 is 5.32 Å². The Hall–Kier alpha value is -1.98. The van der Waals surface area contributed by atoms with Crippen LogP contribution in [0.2, 0.25) is 0 Å². The van der Waals surface area contributed by atoms with Crippen molar-refractivity contribution in [3.05, 3.63) is 41.2 Å². The fourth-order valence-electron chi connectivity index (χ4n) is 1.62. The molecule has 0 fully saturated rings. The van der Waals surface area contributed by atoms with Crippen molar-refractivity contribution >= 4 is 11.6 Å². The highest BCUT2D eigenvalue weighted by Gasteiger charge is 2.32. The second-order valence-corrected chi connectivity index (χ2v) is 4.07. The van der Waals surface area contributed by atoms with Crippen molar-refractivity contribution in [2.24, 2.45) is 0 Å². The molecule has 96 valence electrons. The molecule has 0 bridgehead atoms. The van der Waals surface area contributed by atoms with E-state index in [1.165, 1.54) is 13.0 Å². The van der Waals surface area contributed by atoms with Crippen LogP contribution in [0.1, 0.15) is 16.8 Å². The second-order valence-electron chi connectivity index (χ2n) is 4.07. The first kappa shape index (κ1) is 12.5. The van der Waals surface area contributed by atoms with Crippen molar-refractivity contribution in [3.8, 4) is 0 Å². The van der Waals surface area contributed by atoms with E-state index < -0.39 is 11.7 Å². The van der Waals surface area contributed by atoms with Gasteiger partial charge in [0.15, 0.2) is 0 Å². The van der Waals surface area contributed by atoms with Crippen LogP contribution in [0.15, 0.2) is 24.4 Å². The maximum absolute atomic E-state index is 12.7. The molecule has 0 saturated carbocycles. The molecule has 0 aliphatic heterocycles. The first-order valence-electron chi connectivity index (χ1n) is 5.33. The average molecular weight is 255 g/mol. The van der Waals surface area contributed by atoms with E-state index in [1.54, 1.807) is 12.3 Å². The number of hydrogen-bond acceptors (Lipinski definition) is 2. The molecule has 2 aromatic rings. The van der Waals surface area contributed by atoms with Crippen LogP contribution in [0, 0.1) is 13.8 Å². The minimum absolute atomic E-state index is 0.198. The molecule has 0 amide bonds. The number of aryl methyl sites for hydroxylation is 2. The summed E-state index contributed by atoms with van der Waals surface area (Å²) in [6, 6.07) is 4.09. The fourth-order valence-corrected chi connectivity index (χ4v) is 1.62. The molecular weight excluding hydrogens is 243 g/mol. The smallest absolute Gasteiger partial charge is 0.328 e. The summed E-state index contributed by atoms with van der Waals surface area (Å²) in [6.45, 7) is 3.25. The Bertz CT molecular complexity index is 558. The van der Waals surface area contributed by atoms with Gasteiger partial charge in [0.25, 0.3) is 0 Å². The van der Waals surface area contributed by atoms with Crippen LogP contribution in [0.5, 0.6) is 0 Å². The van der Waals surface area contributed by atoms with E-state index in [1.807, 2.05) is 6.92 Å². The fraction of sp³-hybridized carbons (Fsp3) is 0.250. The Labute approximate surface area is 102 Å². The van der Waals surface area contributed by atoms with Gasteiger partial charge in [-0.3, -0.25) is 0 Å². The Morgan fingerprint density at radius 2 is 1.94 bits per heavy atom. The predicted molar refractivity (Wildman–Crippen MR) is 62.8 cm³/mol. The van der Waals surface area contributed by atoms with E-state index in [4.69, 9.17) is 0 Å². The topological polar surface area (TPSA) is 40.7 Å². The van der Waals surface area contributed by atoms with Crippen molar-refractivity contribution in [1.82, 2.24) is 9.97 Å². The molecule has 1 aromatic carbocycles. The van der Waals surface area contributed by atoms with E-state index in [0.29, 0.717) is 11.6 Å². The molecule has 0 atom stereocenters. The van der Waals surface area contributed by atoms with Crippen molar-refractivity contribution in [2.45, 2.75) is 20.0 Å². The Kier molecular flexibility index (Phi) is 3.02. The molecule has 2 N–H and O–H groups in total. The largest absolute Gasteiger partial charge is 0.416 e. The third-order valence-corrected chi connectivity index (χ3v) is 2.51. The van der Waals surface area contributed by atoms with Crippen molar-refractivity contribution < 1.29 is 13.2 Å². The van der Waals surface area contributed by atoms with E-state index in [-0.39, 0.29) is 5.56 Å². The van der Waals surface area contributed by atoms with Crippen LogP contribution in [-0.4, -0.2) is 9.97 Å². The zero-order valence-electron chi connectivity index (χ0n) is 9.89. The normalized spacial score (nSPS) is 11.6. The predicted octanol–water partition coefficient (Wildman–Crippen LogP) is 3.79. The van der Waals surface area contributed by atoms with Crippen LogP contribution in [0.4, 0.5) is 24.8 Å². The SMILES string of the molecule is Cc1cnc(Nc2ccc(C)c(C(F)(F)F)c2)[nH]1. The van der Waals surface area contributed by atoms with Gasteiger partial charge in [-0.2, -0.15) is 13.2 Å². The quantitative estimate of drug-likeness (QED) is 0.857. The summed E-state index contributed by atoms with van der Waals surface area (Å²) in [5, 5.41) is 2.80. The highest BCUT2D eigenvalue weighted by Crippen LogP contribution is 2.33. The average Bonchev–Trinajstić information content (AvgIpc) is 2.65. The van der Waals surface area contributed by atoms with Gasteiger partial charge in [-0.15, -0.1) is 0 Å². The lowest BCUT2D eigenvalue weighted by atomic mass is 10.1. The highest BCUT2D eigenvalue weighted by molar-refractivity contribution is 5.56. The number of halogens is 3. The lowest BCUT2D eigenvalue weighted by Gasteiger charge is -2.12. The van der Waals surface area contributed by atoms with Crippen molar-refractivity contribution in [3.63, 3.8) is 0 Å². The van der Waals surface area contributed by atoms with Gasteiger partial charge in [0.1, 0.15) is 0 Å². The first-order valence-corrected chi connectivity index (χ1v) is 5.33. The number of aromatic amines is 1. The summed E-state index contributed by atoms with van der Waals surface area (Å²) in [5.41, 5.74) is 0.738. The summed E-state index contributed by atoms with van der Waals surface area (Å²) < 4.78 is 38.2. The zero-order valence-corrected chi connectivity index (χ0v) is 9.89. The number of imidazole rings is 1. The van der Waals surface area contributed by atoms with Crippen LogP contribution >= 0.6 is 0 Å². The summed E-state index contributed by atoms with van der Waals surface area (Å²) in [4.78, 5) is 6.87. The van der Waals surface area contributed by atoms with Gasteiger partial charge in [0.05, 0.1) is 5.56 Å². The van der Waals surface area contributed by atoms with Crippen molar-refractivity contribution in [1.29, 1.82) is 0 Å². The van der Waals surface area contributed by atoms with E-state index in [0.717, 1.165) is 11.8 Å². The first-order chi connectivity index (χ1) is 8.36. The molecule has 1 aromatic heterocycles. The number of hydrogen-bond donors (Lipinski definition) is 2. The minimum atomic E-state index is -4.35. The number of anilines is 2. The molecule has 6 heteroatoms. The second kappa shape index (κ2) is 4.36. The lowest BCUT2D eigenvalue weighted by Crippen LogP contribution is -2.08. The molecule has 18 heavy (non-hydrogen) atoms. The molecule has 0 aliphatic rings. The molecule has 3 nitrogen and oxygen atoms in total. The van der Waals surface area contributed by atoms with E-state index >= 15 is 0 Å². The maximum Gasteiger partial charge on any atom is 0.416 e. The van der Waals surface area contributed by atoms with E-state index in [2.05, 4.69) is 15.3 Å². The van der Waals surface area contributed by atoms with Gasteiger partial charge in [0, 0.05) is 17.6 Å². The molecule has 1 heterocycles. The number of nitrogens with one attached hydrogen (secondary N) is 2. The number of alkyl halides is 3. The molecular formula is C12H12F3N3. The molecule has 0 saturated heterocycles. The summed E-state index contributed by atoms with van der Waals surface area (Å²) in [5.74, 6) is 0.421. The highest BCUT2D eigenvalue weighted by atomic mass is 19.4. The van der Waals surface area contributed by atoms with Gasteiger partial charge in [0.2, 0.25) is 5.95 Å². The van der Waals surface area contributed by atoms with Gasteiger partial charge < -0.3 is 10.3 Å². The standard InChI is InChI=1S/C12H12F3N3/c1-7-3-4-9(5-10(7)12(13,14)15)18-11-16-6-8(2)17-11/h3-6H,1-2H3,(H2,16,17,18). The third-order valence-electron chi connectivity index (χ3n) is 2.51. The van der Waals surface area contributed by atoms with Crippen LogP contribution in [0.25, 0.3) is 0 Å². The Balaban J connectivity index is 2.30.